The molecule has 0 aliphatic heterocycles. The van der Waals surface area contributed by atoms with E-state index in [2.05, 4.69) is 14.7 Å². The molecule has 0 amide bonds. The molecule has 0 aliphatic rings. The molecule has 0 bridgehead atoms. The monoisotopic (exact) mass is 250 g/mol. The van der Waals surface area contributed by atoms with Crippen LogP contribution in [0, 0.1) is 0 Å². The van der Waals surface area contributed by atoms with Gasteiger partial charge in [-0.05, 0) is 24.3 Å². The third-order valence-corrected chi connectivity index (χ3v) is 3.43. The van der Waals surface area contributed by atoms with Gasteiger partial charge in [0.2, 0.25) is 0 Å². The van der Waals surface area contributed by atoms with Crippen LogP contribution in [0.15, 0.2) is 47.8 Å². The smallest absolute Gasteiger partial charge is 0.265 e. The lowest BCUT2D eigenvalue weighted by Gasteiger charge is -2.08. The molecule has 0 radical (unpaired) electrons. The fourth-order valence-electron chi connectivity index (χ4n) is 1.26. The third-order valence-electron chi connectivity index (χ3n) is 2.00. The van der Waals surface area contributed by atoms with Crippen LogP contribution in [0.1, 0.15) is 0 Å². The van der Waals surface area contributed by atoms with Gasteiger partial charge in [0.25, 0.3) is 10.0 Å². The van der Waals surface area contributed by atoms with Crippen LogP contribution < -0.4 is 10.5 Å². The molecule has 0 atom stereocenters. The third kappa shape index (κ3) is 2.51. The van der Waals surface area contributed by atoms with Crippen LogP contribution in [0.3, 0.4) is 0 Å². The van der Waals surface area contributed by atoms with Crippen molar-refractivity contribution in [3.05, 3.63) is 42.9 Å². The highest BCUT2D eigenvalue weighted by atomic mass is 32.2. The summed E-state index contributed by atoms with van der Waals surface area (Å²) in [6.45, 7) is 0. The molecule has 2 aromatic rings. The molecular weight excluding hydrogens is 240 g/mol. The van der Waals surface area contributed by atoms with Gasteiger partial charge < -0.3 is 5.73 Å². The normalized spacial score (nSPS) is 11.1. The van der Waals surface area contributed by atoms with Crippen LogP contribution in [0.25, 0.3) is 0 Å². The van der Waals surface area contributed by atoms with Crippen molar-refractivity contribution in [2.45, 2.75) is 4.90 Å². The number of anilines is 2. The summed E-state index contributed by atoms with van der Waals surface area (Å²) in [6, 6.07) is 6.12. The first kappa shape index (κ1) is 11.3. The van der Waals surface area contributed by atoms with Crippen molar-refractivity contribution in [1.29, 1.82) is 0 Å². The highest BCUT2D eigenvalue weighted by Crippen LogP contribution is 2.18. The standard InChI is InChI=1S/C10H10N4O2S/c11-10-9(4-2-6-13-10)17(15,16)14-8-3-1-5-12-7-8/h1-7,14H,(H2,11,13). The Morgan fingerprint density at radius 2 is 1.94 bits per heavy atom. The highest BCUT2D eigenvalue weighted by molar-refractivity contribution is 7.92. The van der Waals surface area contributed by atoms with E-state index in [1.807, 2.05) is 0 Å². The van der Waals surface area contributed by atoms with Crippen molar-refractivity contribution in [1.82, 2.24) is 9.97 Å². The lowest BCUT2D eigenvalue weighted by molar-refractivity contribution is 0.601. The molecule has 0 fully saturated rings. The molecule has 17 heavy (non-hydrogen) atoms. The van der Waals surface area contributed by atoms with Gasteiger partial charge in [0, 0.05) is 12.4 Å². The zero-order valence-corrected chi connectivity index (χ0v) is 9.55. The van der Waals surface area contributed by atoms with Crippen LogP contribution in [-0.2, 0) is 10.0 Å². The zero-order valence-electron chi connectivity index (χ0n) is 8.74. The summed E-state index contributed by atoms with van der Waals surface area (Å²) in [5.41, 5.74) is 5.89. The average molecular weight is 250 g/mol. The number of hydrogen-bond acceptors (Lipinski definition) is 5. The summed E-state index contributed by atoms with van der Waals surface area (Å²) in [6.07, 6.45) is 4.39. The molecule has 88 valence electrons. The zero-order chi connectivity index (χ0) is 12.3. The highest BCUT2D eigenvalue weighted by Gasteiger charge is 2.17. The first-order valence-corrected chi connectivity index (χ1v) is 6.21. The lowest BCUT2D eigenvalue weighted by Crippen LogP contribution is -2.15. The molecule has 3 N–H and O–H groups in total. The van der Waals surface area contributed by atoms with Gasteiger partial charge in [0.1, 0.15) is 10.7 Å². The fraction of sp³-hybridized carbons (Fsp3) is 0. The van der Waals surface area contributed by atoms with Gasteiger partial charge in [-0.1, -0.05) is 0 Å². The van der Waals surface area contributed by atoms with Crippen LogP contribution in [0.5, 0.6) is 0 Å². The van der Waals surface area contributed by atoms with Crippen molar-refractivity contribution in [2.24, 2.45) is 0 Å². The van der Waals surface area contributed by atoms with Gasteiger partial charge in [0.05, 0.1) is 11.9 Å². The second kappa shape index (κ2) is 4.38. The molecule has 2 heterocycles. The summed E-state index contributed by atoms with van der Waals surface area (Å²) in [5.74, 6) is -0.0381. The minimum atomic E-state index is -3.72. The van der Waals surface area contributed by atoms with E-state index in [0.29, 0.717) is 5.69 Å². The molecule has 0 aromatic carbocycles. The van der Waals surface area contributed by atoms with E-state index < -0.39 is 10.0 Å². The van der Waals surface area contributed by atoms with Crippen molar-refractivity contribution in [3.63, 3.8) is 0 Å². The van der Waals surface area contributed by atoms with E-state index in [0.717, 1.165) is 0 Å². The summed E-state index contributed by atoms with van der Waals surface area (Å²) >= 11 is 0. The van der Waals surface area contributed by atoms with E-state index in [-0.39, 0.29) is 10.7 Å². The Bertz CT molecular complexity index is 613. The Kier molecular flexibility index (Phi) is 2.92. The largest absolute Gasteiger partial charge is 0.383 e. The number of nitrogen functional groups attached to an aromatic ring is 1. The van der Waals surface area contributed by atoms with E-state index >= 15 is 0 Å². The number of sulfonamides is 1. The van der Waals surface area contributed by atoms with E-state index in [4.69, 9.17) is 5.73 Å². The van der Waals surface area contributed by atoms with Gasteiger partial charge in [-0.25, -0.2) is 13.4 Å². The van der Waals surface area contributed by atoms with Crippen molar-refractivity contribution >= 4 is 21.5 Å². The van der Waals surface area contributed by atoms with Crippen LogP contribution >= 0.6 is 0 Å². The Morgan fingerprint density at radius 1 is 1.18 bits per heavy atom. The van der Waals surface area contributed by atoms with Crippen molar-refractivity contribution < 1.29 is 8.42 Å². The lowest BCUT2D eigenvalue weighted by atomic mass is 10.4. The summed E-state index contributed by atoms with van der Waals surface area (Å²) < 4.78 is 26.3. The Morgan fingerprint density at radius 3 is 2.59 bits per heavy atom. The van der Waals surface area contributed by atoms with Crippen LogP contribution in [0.4, 0.5) is 11.5 Å². The number of hydrogen-bond donors (Lipinski definition) is 2. The maximum Gasteiger partial charge on any atom is 0.265 e. The van der Waals surface area contributed by atoms with Gasteiger partial charge >= 0.3 is 0 Å². The summed E-state index contributed by atoms with van der Waals surface area (Å²) in [5, 5.41) is 0. The molecule has 6 nitrogen and oxygen atoms in total. The maximum absolute atomic E-state index is 12.0. The number of aromatic nitrogens is 2. The minimum Gasteiger partial charge on any atom is -0.383 e. The molecule has 0 unspecified atom stereocenters. The van der Waals surface area contributed by atoms with Gasteiger partial charge in [-0.15, -0.1) is 0 Å². The summed E-state index contributed by atoms with van der Waals surface area (Å²) in [4.78, 5) is 7.49. The molecule has 0 saturated heterocycles. The first-order chi connectivity index (χ1) is 8.09. The average Bonchev–Trinajstić information content (AvgIpc) is 2.30. The first-order valence-electron chi connectivity index (χ1n) is 4.73. The fourth-order valence-corrected chi connectivity index (χ4v) is 2.39. The number of nitrogens with two attached hydrogens (primary N) is 1. The second-order valence-corrected chi connectivity index (χ2v) is 4.88. The van der Waals surface area contributed by atoms with Gasteiger partial charge in [0.15, 0.2) is 0 Å². The van der Waals surface area contributed by atoms with Crippen LogP contribution in [0.2, 0.25) is 0 Å². The van der Waals surface area contributed by atoms with Crippen molar-refractivity contribution in [3.8, 4) is 0 Å². The van der Waals surface area contributed by atoms with Crippen molar-refractivity contribution in [2.75, 3.05) is 10.5 Å². The maximum atomic E-state index is 12.0. The molecule has 2 aromatic heterocycles. The van der Waals surface area contributed by atoms with Gasteiger partial charge in [-0.3, -0.25) is 9.71 Å². The van der Waals surface area contributed by atoms with E-state index in [1.54, 1.807) is 18.3 Å². The minimum absolute atomic E-state index is 0.0381. The van der Waals surface area contributed by atoms with Gasteiger partial charge in [-0.2, -0.15) is 0 Å². The topological polar surface area (TPSA) is 98.0 Å². The molecule has 0 aliphatic carbocycles. The molecule has 7 heteroatoms. The molecular formula is C10H10N4O2S. The van der Waals surface area contributed by atoms with E-state index in [9.17, 15) is 8.42 Å². The SMILES string of the molecule is Nc1ncccc1S(=O)(=O)Nc1cccnc1. The number of nitrogens with one attached hydrogen (secondary N) is 1. The Balaban J connectivity index is 2.36. The summed E-state index contributed by atoms with van der Waals surface area (Å²) in [7, 11) is -3.72. The Labute approximate surface area is 98.6 Å². The predicted octanol–water partition coefficient (Wildman–Crippen LogP) is 0.860. The number of pyridine rings is 2. The Hall–Kier alpha value is -2.15. The predicted molar refractivity (Wildman–Crippen MR) is 63.7 cm³/mol. The second-order valence-electron chi connectivity index (χ2n) is 3.23. The number of nitrogens with zero attached hydrogens (tertiary/aromatic N) is 2. The quantitative estimate of drug-likeness (QED) is 0.841. The molecule has 0 spiro atoms. The molecule has 2 rings (SSSR count). The molecule has 0 saturated carbocycles. The number of rotatable bonds is 3. The van der Waals surface area contributed by atoms with Crippen LogP contribution in [-0.4, -0.2) is 18.4 Å². The van der Waals surface area contributed by atoms with E-state index in [1.165, 1.54) is 24.5 Å².